The van der Waals surface area contributed by atoms with Crippen molar-refractivity contribution < 1.29 is 8.94 Å². The summed E-state index contributed by atoms with van der Waals surface area (Å²) in [5.74, 6) is 0. The van der Waals surface area contributed by atoms with Gasteiger partial charge in [0.1, 0.15) is 12.5 Å². The van der Waals surface area contributed by atoms with E-state index >= 15 is 0 Å². The number of hydrogen-bond acceptors (Lipinski definition) is 6. The number of aromatic amines is 1. The molecule has 0 aliphatic heterocycles. The predicted molar refractivity (Wildman–Crippen MR) is 49.4 cm³/mol. The normalized spacial score (nSPS) is 8.00. The monoisotopic (exact) mass is 207 g/mol. The molecule has 3 rings (SSSR count). The molecule has 15 heavy (non-hydrogen) atoms. The smallest absolute Gasteiger partial charge is 0.180 e. The van der Waals surface area contributed by atoms with E-state index in [0.717, 1.165) is 0 Å². The highest BCUT2D eigenvalue weighted by atomic mass is 16.5. The lowest BCUT2D eigenvalue weighted by Crippen LogP contribution is -1.53. The summed E-state index contributed by atoms with van der Waals surface area (Å²) in [6, 6.07) is 1.83. The number of nitrogens with zero attached hydrogens (tertiary/aromatic N) is 4. The SMILES string of the molecule is c1cn[nH]c1.c1cocn1.c1conn1. The van der Waals surface area contributed by atoms with E-state index in [1.54, 1.807) is 18.6 Å². The molecule has 7 nitrogen and oxygen atoms in total. The van der Waals surface area contributed by atoms with Crippen molar-refractivity contribution in [1.82, 2.24) is 25.6 Å². The molecule has 3 aromatic rings. The van der Waals surface area contributed by atoms with Crippen molar-refractivity contribution in [2.24, 2.45) is 0 Å². The fraction of sp³-hybridized carbons (Fsp3) is 0. The fourth-order valence-electron chi connectivity index (χ4n) is 0.527. The maximum atomic E-state index is 4.47. The number of hydrogen-bond donors (Lipinski definition) is 1. The number of rotatable bonds is 0. The molecule has 0 unspecified atom stereocenters. The van der Waals surface area contributed by atoms with Gasteiger partial charge in [0, 0.05) is 17.7 Å². The van der Waals surface area contributed by atoms with Crippen LogP contribution in [-0.4, -0.2) is 25.6 Å². The fourth-order valence-corrected chi connectivity index (χ4v) is 0.527. The van der Waals surface area contributed by atoms with Crippen molar-refractivity contribution in [3.8, 4) is 0 Å². The van der Waals surface area contributed by atoms with Gasteiger partial charge in [0.15, 0.2) is 6.39 Å². The first-order valence-corrected chi connectivity index (χ1v) is 3.97. The summed E-state index contributed by atoms with van der Waals surface area (Å²) in [6.07, 6.45) is 10.8. The van der Waals surface area contributed by atoms with Crippen molar-refractivity contribution in [3.05, 3.63) is 49.8 Å². The van der Waals surface area contributed by atoms with Crippen molar-refractivity contribution >= 4 is 0 Å². The summed E-state index contributed by atoms with van der Waals surface area (Å²) in [6.45, 7) is 0. The molecule has 0 fully saturated rings. The van der Waals surface area contributed by atoms with Crippen molar-refractivity contribution in [3.63, 3.8) is 0 Å². The molecule has 1 N–H and O–H groups in total. The Hall–Kier alpha value is -2.44. The quantitative estimate of drug-likeness (QED) is 0.594. The Labute approximate surface area is 85.1 Å². The van der Waals surface area contributed by atoms with Gasteiger partial charge in [0.25, 0.3) is 0 Å². The van der Waals surface area contributed by atoms with E-state index in [4.69, 9.17) is 0 Å². The van der Waals surface area contributed by atoms with E-state index in [0.29, 0.717) is 0 Å². The number of aromatic nitrogens is 5. The topological polar surface area (TPSA) is 93.6 Å². The minimum absolute atomic E-state index is 1.38. The molecule has 7 heteroatoms. The molecule has 0 saturated carbocycles. The highest BCUT2D eigenvalue weighted by Crippen LogP contribution is 1.72. The van der Waals surface area contributed by atoms with Crippen LogP contribution >= 0.6 is 0 Å². The Morgan fingerprint density at radius 1 is 1.07 bits per heavy atom. The minimum Gasteiger partial charge on any atom is -0.452 e. The highest BCUT2D eigenvalue weighted by molar-refractivity contribution is 4.72. The number of nitrogens with one attached hydrogen (secondary N) is 1. The van der Waals surface area contributed by atoms with E-state index in [-0.39, 0.29) is 0 Å². The van der Waals surface area contributed by atoms with E-state index in [9.17, 15) is 0 Å². The van der Waals surface area contributed by atoms with Crippen molar-refractivity contribution in [2.75, 3.05) is 0 Å². The van der Waals surface area contributed by atoms with Crippen LogP contribution in [0.15, 0.2) is 58.7 Å². The molecular weight excluding hydrogens is 198 g/mol. The maximum absolute atomic E-state index is 4.47. The lowest BCUT2D eigenvalue weighted by molar-refractivity contribution is 0.393. The van der Waals surface area contributed by atoms with Gasteiger partial charge in [-0.05, 0) is 6.07 Å². The van der Waals surface area contributed by atoms with Crippen LogP contribution in [0.2, 0.25) is 0 Å². The lowest BCUT2D eigenvalue weighted by atomic mass is 10.8. The molecular formula is C8H9N5O2. The van der Waals surface area contributed by atoms with Gasteiger partial charge >= 0.3 is 0 Å². The van der Waals surface area contributed by atoms with Gasteiger partial charge < -0.3 is 8.94 Å². The van der Waals surface area contributed by atoms with Crippen molar-refractivity contribution in [2.45, 2.75) is 0 Å². The van der Waals surface area contributed by atoms with Gasteiger partial charge in [-0.25, -0.2) is 4.98 Å². The third kappa shape index (κ3) is 6.70. The van der Waals surface area contributed by atoms with Crippen LogP contribution < -0.4 is 0 Å². The molecule has 3 aromatic heterocycles. The maximum Gasteiger partial charge on any atom is 0.180 e. The number of H-pyrrole nitrogens is 1. The Morgan fingerprint density at radius 2 is 2.07 bits per heavy atom. The average molecular weight is 207 g/mol. The minimum atomic E-state index is 1.38. The predicted octanol–water partition coefficient (Wildman–Crippen LogP) is 1.15. The molecule has 0 radical (unpaired) electrons. The van der Waals surface area contributed by atoms with Gasteiger partial charge in [0.05, 0.1) is 12.4 Å². The Kier molecular flexibility index (Phi) is 5.80. The third-order valence-electron chi connectivity index (χ3n) is 1.04. The summed E-state index contributed by atoms with van der Waals surface area (Å²) in [5.41, 5.74) is 0. The molecule has 78 valence electrons. The second-order valence-corrected chi connectivity index (χ2v) is 2.03. The van der Waals surface area contributed by atoms with Crippen LogP contribution in [-0.2, 0) is 0 Å². The molecule has 0 atom stereocenters. The van der Waals surface area contributed by atoms with Gasteiger partial charge in [0.2, 0.25) is 0 Å². The van der Waals surface area contributed by atoms with Crippen LogP contribution in [0.4, 0.5) is 0 Å². The van der Waals surface area contributed by atoms with E-state index in [1.807, 2.05) is 6.07 Å². The molecule has 0 aliphatic carbocycles. The Morgan fingerprint density at radius 3 is 2.27 bits per heavy atom. The zero-order valence-electron chi connectivity index (χ0n) is 7.72. The average Bonchev–Trinajstić information content (AvgIpc) is 3.09. The summed E-state index contributed by atoms with van der Waals surface area (Å²) in [7, 11) is 0. The summed E-state index contributed by atoms with van der Waals surface area (Å²) >= 11 is 0. The summed E-state index contributed by atoms with van der Waals surface area (Å²) in [4.78, 5) is 3.56. The van der Waals surface area contributed by atoms with E-state index < -0.39 is 0 Å². The van der Waals surface area contributed by atoms with Gasteiger partial charge in [-0.2, -0.15) is 5.10 Å². The molecule has 3 heterocycles. The van der Waals surface area contributed by atoms with Crippen LogP contribution in [0.1, 0.15) is 0 Å². The standard InChI is InChI=1S/C3H4N2.C3H3NO.C2H2N2O/c1-2-4-5-3-1;1-2-5-3-4-1;1-2-5-4-3-1/h1-3H,(H,4,5);1-3H;1-2H. The number of oxazole rings is 1. The first-order valence-electron chi connectivity index (χ1n) is 3.97. The van der Waals surface area contributed by atoms with Crippen LogP contribution in [0.25, 0.3) is 0 Å². The second-order valence-electron chi connectivity index (χ2n) is 2.03. The highest BCUT2D eigenvalue weighted by Gasteiger charge is 1.61. The Balaban J connectivity index is 0.000000112. The van der Waals surface area contributed by atoms with Gasteiger partial charge in [-0.3, -0.25) is 5.10 Å². The zero-order valence-corrected chi connectivity index (χ0v) is 7.72. The zero-order chi connectivity index (χ0) is 10.6. The Bertz CT molecular complexity index is 253. The molecule has 0 spiro atoms. The van der Waals surface area contributed by atoms with Crippen molar-refractivity contribution in [1.29, 1.82) is 0 Å². The molecule has 0 aromatic carbocycles. The molecule has 0 bridgehead atoms. The molecule has 0 amide bonds. The van der Waals surface area contributed by atoms with E-state index in [2.05, 4.69) is 34.5 Å². The summed E-state index contributed by atoms with van der Waals surface area (Å²) < 4.78 is 8.69. The van der Waals surface area contributed by atoms with Crippen LogP contribution in [0.5, 0.6) is 0 Å². The van der Waals surface area contributed by atoms with Crippen LogP contribution in [0.3, 0.4) is 0 Å². The third-order valence-corrected chi connectivity index (χ3v) is 1.04. The van der Waals surface area contributed by atoms with E-state index in [1.165, 1.54) is 25.1 Å². The lowest BCUT2D eigenvalue weighted by Gasteiger charge is -1.49. The second kappa shape index (κ2) is 8.17. The van der Waals surface area contributed by atoms with Gasteiger partial charge in [-0.1, -0.05) is 0 Å². The first-order chi connectivity index (χ1) is 7.50. The van der Waals surface area contributed by atoms with Gasteiger partial charge in [-0.15, -0.1) is 5.10 Å². The van der Waals surface area contributed by atoms with Crippen LogP contribution in [0, 0.1) is 0 Å². The first kappa shape index (κ1) is 10.6. The largest absolute Gasteiger partial charge is 0.452 e. The molecule has 0 aliphatic rings. The summed E-state index contributed by atoms with van der Waals surface area (Å²) in [5, 5.41) is 12.6. The molecule has 0 saturated heterocycles.